The number of hydrogen-bond donors (Lipinski definition) is 3. The highest BCUT2D eigenvalue weighted by Gasteiger charge is 2.57. The number of likely N-dealkylation sites (tertiary alicyclic amines) is 1. The lowest BCUT2D eigenvalue weighted by molar-refractivity contribution is -0.141. The Labute approximate surface area is 202 Å². The lowest BCUT2D eigenvalue weighted by Crippen LogP contribution is -2.66. The zero-order valence-corrected chi connectivity index (χ0v) is 20.0. The standard InChI is InChI=1S/C20H30FN5O4S.CH2O2/c1-29-11-10-24-13-16-4-7-20(14-24,19(27)23-28)26(16)31-25-8-5-17(6-9-25)30-18-3-2-15(21)12-22-18;2-1-3/h2-3,12,16-17,28H,4-11,13-14H2,1H3,(H,23,27);1H,(H,2,3). The molecule has 3 fully saturated rings. The second-order valence-corrected chi connectivity index (χ2v) is 9.54. The molecule has 0 spiro atoms. The summed E-state index contributed by atoms with van der Waals surface area (Å²) in [5.41, 5.74) is 1.16. The molecule has 4 rings (SSSR count). The van der Waals surface area contributed by atoms with Crippen LogP contribution in [-0.2, 0) is 14.3 Å². The first kappa shape index (κ1) is 26.6. The number of hydrogen-bond acceptors (Lipinski definition) is 10. The van der Waals surface area contributed by atoms with Crippen LogP contribution in [0.5, 0.6) is 5.88 Å². The van der Waals surface area contributed by atoms with E-state index in [0.717, 1.165) is 58.1 Å². The Kier molecular flexibility index (Phi) is 9.85. The van der Waals surface area contributed by atoms with E-state index in [9.17, 15) is 14.4 Å². The number of pyridine rings is 1. The van der Waals surface area contributed by atoms with Gasteiger partial charge in [-0.1, -0.05) is 0 Å². The molecule has 4 heterocycles. The number of amides is 1. The Morgan fingerprint density at radius 1 is 1.38 bits per heavy atom. The number of methoxy groups -OCH3 is 1. The van der Waals surface area contributed by atoms with Crippen LogP contribution in [0, 0.1) is 5.82 Å². The summed E-state index contributed by atoms with van der Waals surface area (Å²) in [5, 5.41) is 16.3. The van der Waals surface area contributed by atoms with Crippen molar-refractivity contribution >= 4 is 24.5 Å². The lowest BCUT2D eigenvalue weighted by atomic mass is 9.96. The van der Waals surface area contributed by atoms with E-state index in [1.807, 2.05) is 5.48 Å². The van der Waals surface area contributed by atoms with Gasteiger partial charge in [0.05, 0.1) is 12.8 Å². The molecule has 3 saturated heterocycles. The third-order valence-corrected chi connectivity index (χ3v) is 7.75. The van der Waals surface area contributed by atoms with Gasteiger partial charge in [-0.2, -0.15) is 0 Å². The minimum atomic E-state index is -0.749. The molecule has 3 aliphatic heterocycles. The quantitative estimate of drug-likeness (QED) is 0.204. The highest BCUT2D eigenvalue weighted by molar-refractivity contribution is 7.94. The number of aromatic nitrogens is 1. The molecule has 2 bridgehead atoms. The third-order valence-electron chi connectivity index (χ3n) is 6.33. The van der Waals surface area contributed by atoms with Gasteiger partial charge in [-0.05, 0) is 31.7 Å². The molecule has 2 atom stereocenters. The van der Waals surface area contributed by atoms with Gasteiger partial charge in [0.15, 0.2) is 0 Å². The number of hydroxylamine groups is 1. The van der Waals surface area contributed by atoms with E-state index >= 15 is 0 Å². The van der Waals surface area contributed by atoms with Gasteiger partial charge in [0, 0.05) is 64.1 Å². The Balaban J connectivity index is 0.00000103. The highest BCUT2D eigenvalue weighted by atomic mass is 32.2. The summed E-state index contributed by atoms with van der Waals surface area (Å²) in [5.74, 6) is -0.280. The molecule has 1 amide bonds. The van der Waals surface area contributed by atoms with E-state index in [0.29, 0.717) is 19.0 Å². The van der Waals surface area contributed by atoms with Crippen molar-refractivity contribution in [2.24, 2.45) is 0 Å². The average molecular weight is 502 g/mol. The third kappa shape index (κ3) is 6.34. The van der Waals surface area contributed by atoms with Crippen molar-refractivity contribution < 1.29 is 33.8 Å². The Morgan fingerprint density at radius 2 is 2.12 bits per heavy atom. The van der Waals surface area contributed by atoms with Gasteiger partial charge in [0.25, 0.3) is 12.4 Å². The maximum atomic E-state index is 13.0. The minimum Gasteiger partial charge on any atom is -0.483 e. The van der Waals surface area contributed by atoms with Gasteiger partial charge in [-0.15, -0.1) is 0 Å². The Hall–Kier alpha value is -2.03. The smallest absolute Gasteiger partial charge is 0.290 e. The predicted octanol–water partition coefficient (Wildman–Crippen LogP) is 0.999. The first-order valence-electron chi connectivity index (χ1n) is 11.2. The number of nitrogens with one attached hydrogen (secondary N) is 1. The minimum absolute atomic E-state index is 0.0344. The molecule has 0 aliphatic carbocycles. The van der Waals surface area contributed by atoms with Gasteiger partial charge in [0.2, 0.25) is 5.88 Å². The van der Waals surface area contributed by atoms with E-state index in [1.54, 1.807) is 25.3 Å². The summed E-state index contributed by atoms with van der Waals surface area (Å²) in [6.07, 6.45) is 4.48. The normalized spacial score (nSPS) is 25.9. The van der Waals surface area contributed by atoms with E-state index in [4.69, 9.17) is 19.4 Å². The van der Waals surface area contributed by atoms with E-state index in [1.165, 1.54) is 6.07 Å². The fourth-order valence-electron chi connectivity index (χ4n) is 4.71. The Morgan fingerprint density at radius 3 is 2.74 bits per heavy atom. The Bertz CT molecular complexity index is 800. The fraction of sp³-hybridized carbons (Fsp3) is 0.667. The SMILES string of the molecule is COCCN1CC2CCC(C(=O)NO)(C1)N2SN1CCC(Oc2ccc(F)cn2)CC1.O=CO. The molecular formula is C21H32FN5O6S. The topological polar surface area (TPSA) is 128 Å². The maximum Gasteiger partial charge on any atom is 0.290 e. The molecule has 0 aromatic carbocycles. The number of piperidine rings is 1. The summed E-state index contributed by atoms with van der Waals surface area (Å²) < 4.78 is 28.6. The molecule has 13 heteroatoms. The van der Waals surface area contributed by atoms with Crippen LogP contribution in [0.25, 0.3) is 0 Å². The predicted molar refractivity (Wildman–Crippen MR) is 122 cm³/mol. The van der Waals surface area contributed by atoms with Gasteiger partial charge < -0.3 is 14.6 Å². The van der Waals surface area contributed by atoms with Crippen LogP contribution in [0.2, 0.25) is 0 Å². The highest BCUT2D eigenvalue weighted by Crippen LogP contribution is 2.45. The van der Waals surface area contributed by atoms with Crippen LogP contribution in [0.3, 0.4) is 0 Å². The first-order valence-corrected chi connectivity index (χ1v) is 11.9. The van der Waals surface area contributed by atoms with Gasteiger partial charge in [-0.25, -0.2) is 23.5 Å². The number of carbonyl (C=O) groups excluding carboxylic acids is 1. The molecule has 1 aromatic heterocycles. The number of fused-ring (bicyclic) bond motifs is 2. The van der Waals surface area contributed by atoms with E-state index < -0.39 is 5.54 Å². The summed E-state index contributed by atoms with van der Waals surface area (Å²) in [6.45, 7) is 4.21. The molecule has 34 heavy (non-hydrogen) atoms. The summed E-state index contributed by atoms with van der Waals surface area (Å²) in [7, 11) is 1.68. The molecular weight excluding hydrogens is 469 g/mol. The maximum absolute atomic E-state index is 13.0. The van der Waals surface area contributed by atoms with Crippen LogP contribution in [0.15, 0.2) is 18.3 Å². The zero-order chi connectivity index (χ0) is 24.6. The molecule has 2 unspecified atom stereocenters. The number of rotatable bonds is 8. The molecule has 0 radical (unpaired) electrons. The molecule has 3 aliphatic rings. The zero-order valence-electron chi connectivity index (χ0n) is 19.1. The molecule has 0 saturated carbocycles. The van der Waals surface area contributed by atoms with Crippen LogP contribution >= 0.6 is 12.1 Å². The van der Waals surface area contributed by atoms with Crippen molar-refractivity contribution in [1.29, 1.82) is 0 Å². The molecule has 190 valence electrons. The van der Waals surface area contributed by atoms with Crippen LogP contribution < -0.4 is 10.2 Å². The number of carboxylic acid groups (broad SMARTS) is 1. The summed E-state index contributed by atoms with van der Waals surface area (Å²) in [4.78, 5) is 27.3. The van der Waals surface area contributed by atoms with Gasteiger partial charge >= 0.3 is 0 Å². The largest absolute Gasteiger partial charge is 0.483 e. The van der Waals surface area contributed by atoms with Gasteiger partial charge in [0.1, 0.15) is 17.5 Å². The van der Waals surface area contributed by atoms with Crippen molar-refractivity contribution in [1.82, 2.24) is 24.0 Å². The van der Waals surface area contributed by atoms with Crippen LogP contribution in [0.1, 0.15) is 25.7 Å². The van der Waals surface area contributed by atoms with Crippen molar-refractivity contribution in [2.45, 2.75) is 43.4 Å². The fourth-order valence-corrected chi connectivity index (χ4v) is 6.03. The van der Waals surface area contributed by atoms with Crippen molar-refractivity contribution in [2.75, 3.05) is 46.4 Å². The summed E-state index contributed by atoms with van der Waals surface area (Å²) >= 11 is 1.61. The second-order valence-electron chi connectivity index (χ2n) is 8.47. The van der Waals surface area contributed by atoms with Crippen molar-refractivity contribution in [3.63, 3.8) is 0 Å². The van der Waals surface area contributed by atoms with Gasteiger partial charge in [-0.3, -0.25) is 19.7 Å². The number of halogens is 1. The van der Waals surface area contributed by atoms with Crippen LogP contribution in [0.4, 0.5) is 4.39 Å². The van der Waals surface area contributed by atoms with Crippen molar-refractivity contribution in [3.05, 3.63) is 24.1 Å². The second kappa shape index (κ2) is 12.6. The lowest BCUT2D eigenvalue weighted by Gasteiger charge is -2.48. The average Bonchev–Trinajstić information content (AvgIpc) is 3.05. The molecule has 3 N–H and O–H groups in total. The number of nitrogens with zero attached hydrogens (tertiary/aromatic N) is 4. The number of ether oxygens (including phenoxy) is 2. The molecule has 11 nitrogen and oxygen atoms in total. The first-order chi connectivity index (χ1) is 16.4. The number of piperazine rings is 1. The van der Waals surface area contributed by atoms with E-state index in [2.05, 4.69) is 18.5 Å². The van der Waals surface area contributed by atoms with Crippen molar-refractivity contribution in [3.8, 4) is 5.88 Å². The van der Waals surface area contributed by atoms with E-state index in [-0.39, 0.29) is 30.3 Å². The molecule has 1 aromatic rings. The number of carbonyl (C=O) groups is 2. The van der Waals surface area contributed by atoms with Crippen LogP contribution in [-0.4, -0.2) is 105 Å². The summed E-state index contributed by atoms with van der Waals surface area (Å²) in [6, 6.07) is 3.14. The monoisotopic (exact) mass is 501 g/mol.